The summed E-state index contributed by atoms with van der Waals surface area (Å²) >= 11 is 8.64. The number of carbonyl (C=O) groups excluding carboxylic acids is 1. The Morgan fingerprint density at radius 1 is 1.11 bits per heavy atom. The van der Waals surface area contributed by atoms with Crippen molar-refractivity contribution in [2.24, 2.45) is 0 Å². The molecular formula is C20H14BrN3O2S. The molecule has 0 aliphatic heterocycles. The first-order valence-electron chi connectivity index (χ1n) is 7.98. The molecule has 0 saturated carbocycles. The third-order valence-electron chi connectivity index (χ3n) is 3.74. The third kappa shape index (κ3) is 4.61. The van der Waals surface area contributed by atoms with E-state index in [1.165, 1.54) is 0 Å². The highest BCUT2D eigenvalue weighted by molar-refractivity contribution is 9.10. The van der Waals surface area contributed by atoms with Crippen LogP contribution in [-0.2, 0) is 4.79 Å². The normalized spacial score (nSPS) is 10.1. The van der Waals surface area contributed by atoms with Crippen LogP contribution in [0, 0.1) is 11.3 Å². The van der Waals surface area contributed by atoms with Crippen molar-refractivity contribution in [1.82, 2.24) is 5.32 Å². The predicted octanol–water partition coefficient (Wildman–Crippen LogP) is 4.37. The van der Waals surface area contributed by atoms with E-state index in [-0.39, 0.29) is 11.7 Å². The fraction of sp³-hybridized carbons (Fsp3) is 0.0500. The van der Waals surface area contributed by atoms with Gasteiger partial charge in [0.15, 0.2) is 11.7 Å². The Labute approximate surface area is 170 Å². The van der Waals surface area contributed by atoms with Gasteiger partial charge in [0.25, 0.3) is 5.91 Å². The van der Waals surface area contributed by atoms with Crippen LogP contribution in [0.25, 0.3) is 10.8 Å². The Kier molecular flexibility index (Phi) is 6.01. The minimum absolute atomic E-state index is 0.101. The van der Waals surface area contributed by atoms with Gasteiger partial charge >= 0.3 is 0 Å². The number of amides is 1. The number of ether oxygens (including phenoxy) is 1. The molecule has 3 rings (SSSR count). The zero-order valence-corrected chi connectivity index (χ0v) is 16.4. The zero-order chi connectivity index (χ0) is 19.2. The van der Waals surface area contributed by atoms with E-state index < -0.39 is 5.91 Å². The van der Waals surface area contributed by atoms with Crippen LogP contribution >= 0.6 is 28.1 Å². The van der Waals surface area contributed by atoms with Crippen LogP contribution in [0.4, 0.5) is 5.69 Å². The molecule has 3 aromatic rings. The Morgan fingerprint density at radius 3 is 2.67 bits per heavy atom. The van der Waals surface area contributed by atoms with Crippen molar-refractivity contribution in [3.63, 3.8) is 0 Å². The van der Waals surface area contributed by atoms with Gasteiger partial charge in [-0.15, -0.1) is 0 Å². The molecule has 7 heteroatoms. The second-order valence-corrected chi connectivity index (χ2v) is 6.75. The topological polar surface area (TPSA) is 74.2 Å². The van der Waals surface area contributed by atoms with E-state index in [0.717, 1.165) is 15.2 Å². The summed E-state index contributed by atoms with van der Waals surface area (Å²) in [5.74, 6) is 0.166. The van der Waals surface area contributed by atoms with Crippen LogP contribution in [0.1, 0.15) is 5.56 Å². The number of hydrogen-bond donors (Lipinski definition) is 2. The fourth-order valence-electron chi connectivity index (χ4n) is 2.47. The molecule has 0 saturated heterocycles. The quantitative estimate of drug-likeness (QED) is 0.590. The summed E-state index contributed by atoms with van der Waals surface area (Å²) in [5, 5.41) is 16.6. The number of nitrogens with one attached hydrogen (secondary N) is 2. The predicted molar refractivity (Wildman–Crippen MR) is 113 cm³/mol. The summed E-state index contributed by atoms with van der Waals surface area (Å²) in [4.78, 5) is 12.1. The molecule has 27 heavy (non-hydrogen) atoms. The summed E-state index contributed by atoms with van der Waals surface area (Å²) in [6.07, 6.45) is 0. The smallest absolute Gasteiger partial charge is 0.264 e. The standard InChI is InChI=1S/C20H14BrN3O2S/c21-19-15-7-3-1-5-13(15)9-10-17(19)26-12-18(25)24-20(27)23-16-8-4-2-6-14(16)11-22/h1-10H,12H2,(H2,23,24,25,27). The SMILES string of the molecule is N#Cc1ccccc1NC(=S)NC(=O)COc1ccc2ccccc2c1Br. The molecule has 0 radical (unpaired) electrons. The summed E-state index contributed by atoms with van der Waals surface area (Å²) in [7, 11) is 0. The van der Waals surface area contributed by atoms with Gasteiger partial charge in [-0.3, -0.25) is 10.1 Å². The average Bonchev–Trinajstić information content (AvgIpc) is 2.68. The zero-order valence-electron chi connectivity index (χ0n) is 14.0. The van der Waals surface area contributed by atoms with Gasteiger partial charge in [-0.05, 0) is 57.1 Å². The molecule has 134 valence electrons. The summed E-state index contributed by atoms with van der Waals surface area (Å²) in [5.41, 5.74) is 0.967. The Morgan fingerprint density at radius 2 is 1.85 bits per heavy atom. The first kappa shape index (κ1) is 18.8. The van der Waals surface area contributed by atoms with Gasteiger partial charge in [0.2, 0.25) is 0 Å². The van der Waals surface area contributed by atoms with E-state index in [1.807, 2.05) is 30.3 Å². The number of halogens is 1. The molecule has 0 bridgehead atoms. The highest BCUT2D eigenvalue weighted by atomic mass is 79.9. The van der Waals surface area contributed by atoms with Crippen molar-refractivity contribution in [3.05, 3.63) is 70.7 Å². The second kappa shape index (κ2) is 8.62. The minimum atomic E-state index is -0.401. The van der Waals surface area contributed by atoms with Crippen molar-refractivity contribution in [2.45, 2.75) is 0 Å². The van der Waals surface area contributed by atoms with E-state index in [2.05, 4.69) is 32.6 Å². The van der Waals surface area contributed by atoms with Crippen LogP contribution in [0.15, 0.2) is 65.1 Å². The number of nitriles is 1. The number of rotatable bonds is 4. The van der Waals surface area contributed by atoms with Gasteiger partial charge in [0.1, 0.15) is 11.8 Å². The molecular weight excluding hydrogens is 426 g/mol. The molecule has 1 amide bonds. The van der Waals surface area contributed by atoms with Gasteiger partial charge in [-0.2, -0.15) is 5.26 Å². The highest BCUT2D eigenvalue weighted by Gasteiger charge is 2.10. The number of carbonyl (C=O) groups is 1. The fourth-order valence-corrected chi connectivity index (χ4v) is 3.31. The van der Waals surface area contributed by atoms with E-state index in [4.69, 9.17) is 22.2 Å². The molecule has 3 aromatic carbocycles. The number of para-hydroxylation sites is 1. The van der Waals surface area contributed by atoms with Crippen molar-refractivity contribution in [2.75, 3.05) is 11.9 Å². The summed E-state index contributed by atoms with van der Waals surface area (Å²) in [6, 6.07) is 20.5. The molecule has 0 spiro atoms. The van der Waals surface area contributed by atoms with Gasteiger partial charge < -0.3 is 10.1 Å². The van der Waals surface area contributed by atoms with E-state index >= 15 is 0 Å². The average molecular weight is 440 g/mol. The lowest BCUT2D eigenvalue weighted by molar-refractivity contribution is -0.121. The Hall–Kier alpha value is -2.95. The first-order chi connectivity index (χ1) is 13.1. The maximum Gasteiger partial charge on any atom is 0.264 e. The van der Waals surface area contributed by atoms with Gasteiger partial charge in [-0.25, -0.2) is 0 Å². The lowest BCUT2D eigenvalue weighted by Gasteiger charge is -2.12. The first-order valence-corrected chi connectivity index (χ1v) is 9.18. The van der Waals surface area contributed by atoms with Crippen molar-refractivity contribution in [1.29, 1.82) is 5.26 Å². The maximum atomic E-state index is 12.1. The molecule has 0 heterocycles. The Balaban J connectivity index is 1.59. The van der Waals surface area contributed by atoms with Crippen LogP contribution in [0.5, 0.6) is 5.75 Å². The summed E-state index contributed by atoms with van der Waals surface area (Å²) < 4.78 is 6.39. The molecule has 5 nitrogen and oxygen atoms in total. The lowest BCUT2D eigenvalue weighted by atomic mass is 10.1. The third-order valence-corrected chi connectivity index (χ3v) is 4.76. The van der Waals surface area contributed by atoms with E-state index in [0.29, 0.717) is 17.0 Å². The number of fused-ring (bicyclic) bond motifs is 1. The number of anilines is 1. The number of nitrogens with zero attached hydrogens (tertiary/aromatic N) is 1. The van der Waals surface area contributed by atoms with Crippen molar-refractivity contribution < 1.29 is 9.53 Å². The minimum Gasteiger partial charge on any atom is -0.483 e. The molecule has 0 aliphatic rings. The highest BCUT2D eigenvalue weighted by Crippen LogP contribution is 2.32. The van der Waals surface area contributed by atoms with Gasteiger partial charge in [0, 0.05) is 0 Å². The van der Waals surface area contributed by atoms with Crippen molar-refractivity contribution in [3.8, 4) is 11.8 Å². The molecule has 2 N–H and O–H groups in total. The Bertz CT molecular complexity index is 1060. The van der Waals surface area contributed by atoms with Gasteiger partial charge in [-0.1, -0.05) is 42.5 Å². The van der Waals surface area contributed by atoms with E-state index in [1.54, 1.807) is 30.3 Å². The largest absolute Gasteiger partial charge is 0.483 e. The summed E-state index contributed by atoms with van der Waals surface area (Å²) in [6.45, 7) is -0.196. The second-order valence-electron chi connectivity index (χ2n) is 5.55. The van der Waals surface area contributed by atoms with E-state index in [9.17, 15) is 4.79 Å². The number of benzene rings is 3. The number of thiocarbonyl (C=S) groups is 1. The molecule has 0 fully saturated rings. The van der Waals surface area contributed by atoms with Crippen LogP contribution < -0.4 is 15.4 Å². The lowest BCUT2D eigenvalue weighted by Crippen LogP contribution is -2.37. The molecule has 0 aliphatic carbocycles. The maximum absolute atomic E-state index is 12.1. The molecule has 0 atom stereocenters. The molecule has 0 unspecified atom stereocenters. The van der Waals surface area contributed by atoms with Crippen LogP contribution in [-0.4, -0.2) is 17.6 Å². The van der Waals surface area contributed by atoms with Crippen LogP contribution in [0.2, 0.25) is 0 Å². The molecule has 0 aromatic heterocycles. The van der Waals surface area contributed by atoms with Crippen LogP contribution in [0.3, 0.4) is 0 Å². The monoisotopic (exact) mass is 439 g/mol. The number of hydrogen-bond acceptors (Lipinski definition) is 4. The van der Waals surface area contributed by atoms with Crippen molar-refractivity contribution >= 4 is 55.6 Å². The van der Waals surface area contributed by atoms with Gasteiger partial charge in [0.05, 0.1) is 15.7 Å².